The Kier molecular flexibility index (Phi) is 9.73. The Labute approximate surface area is 134 Å². The molecule has 2 aromatic rings. The molecule has 21 heavy (non-hydrogen) atoms. The van der Waals surface area contributed by atoms with Gasteiger partial charge < -0.3 is 10.7 Å². The molecule has 120 valence electrons. The average Bonchev–Trinajstić information content (AvgIpc) is 2.89. The number of pyridine rings is 1. The Hall–Kier alpha value is -1.34. The lowest BCUT2D eigenvalue weighted by atomic mass is 10.2. The number of aromatic nitrogens is 2. The molecule has 6 heteroatoms. The first-order valence-corrected chi connectivity index (χ1v) is 7.14. The van der Waals surface area contributed by atoms with Gasteiger partial charge in [-0.25, -0.2) is 9.99 Å². The minimum atomic E-state index is 0. The van der Waals surface area contributed by atoms with Crippen LogP contribution in [0, 0.1) is 0 Å². The topological polar surface area (TPSA) is 84.0 Å². The molecule has 0 saturated heterocycles. The van der Waals surface area contributed by atoms with E-state index in [1.165, 1.54) is 0 Å². The zero-order chi connectivity index (χ0) is 15.0. The van der Waals surface area contributed by atoms with Crippen molar-refractivity contribution in [1.29, 1.82) is 0 Å². The van der Waals surface area contributed by atoms with E-state index in [2.05, 4.69) is 22.6 Å². The second kappa shape index (κ2) is 10.4. The predicted molar refractivity (Wildman–Crippen MR) is 98.0 cm³/mol. The van der Waals surface area contributed by atoms with Gasteiger partial charge >= 0.3 is 0 Å². The standard InChI is InChI=1S/C10H11N3S.C4H12N2.CH4.H2/c11-4-7-3-9-8(1-2-14)6-13-10(9)12-5-7;1-3-6(5)4-2;;/h1-3,5-6,14H,4,11H2,(H,12,13);3-5H2,1-2H3;1H4;1H/b2-1+;;;. The van der Waals surface area contributed by atoms with Crippen molar-refractivity contribution >= 4 is 29.7 Å². The molecule has 2 heterocycles. The summed E-state index contributed by atoms with van der Waals surface area (Å²) in [5.74, 6) is 5.31. The number of H-pyrrole nitrogens is 1. The van der Waals surface area contributed by atoms with Gasteiger partial charge in [0.25, 0.3) is 0 Å². The van der Waals surface area contributed by atoms with E-state index < -0.39 is 0 Å². The quantitative estimate of drug-likeness (QED) is 0.397. The molecule has 0 radical (unpaired) electrons. The van der Waals surface area contributed by atoms with Gasteiger partial charge in [-0.3, -0.25) is 5.84 Å². The van der Waals surface area contributed by atoms with Crippen LogP contribution < -0.4 is 11.6 Å². The van der Waals surface area contributed by atoms with E-state index in [0.29, 0.717) is 6.54 Å². The summed E-state index contributed by atoms with van der Waals surface area (Å²) in [5, 5.41) is 4.54. The molecular weight excluding hydrogens is 282 g/mol. The summed E-state index contributed by atoms with van der Waals surface area (Å²) in [6, 6.07) is 2.04. The Morgan fingerprint density at radius 3 is 2.57 bits per heavy atom. The molecule has 0 fully saturated rings. The molecule has 0 aromatic carbocycles. The van der Waals surface area contributed by atoms with Crippen molar-refractivity contribution in [3.8, 4) is 0 Å². The highest BCUT2D eigenvalue weighted by molar-refractivity contribution is 7.83. The van der Waals surface area contributed by atoms with Crippen LogP contribution in [0.1, 0.15) is 33.8 Å². The smallest absolute Gasteiger partial charge is 0.137 e. The number of hydrogen-bond acceptors (Lipinski definition) is 5. The van der Waals surface area contributed by atoms with Crippen molar-refractivity contribution < 1.29 is 1.43 Å². The van der Waals surface area contributed by atoms with Gasteiger partial charge in [-0.2, -0.15) is 12.6 Å². The zero-order valence-electron chi connectivity index (χ0n) is 12.0. The molecule has 0 aliphatic carbocycles. The fraction of sp³-hybridized carbons (Fsp3) is 0.400. The summed E-state index contributed by atoms with van der Waals surface area (Å²) in [4.78, 5) is 7.35. The Bertz CT molecular complexity index is 552. The van der Waals surface area contributed by atoms with Crippen molar-refractivity contribution in [2.24, 2.45) is 11.6 Å². The van der Waals surface area contributed by atoms with Crippen molar-refractivity contribution in [2.75, 3.05) is 13.1 Å². The molecule has 0 spiro atoms. The van der Waals surface area contributed by atoms with Gasteiger partial charge in [0.1, 0.15) is 5.65 Å². The van der Waals surface area contributed by atoms with E-state index >= 15 is 0 Å². The van der Waals surface area contributed by atoms with Crippen LogP contribution in [-0.4, -0.2) is 28.1 Å². The maximum absolute atomic E-state index is 5.55. The third kappa shape index (κ3) is 5.89. The lowest BCUT2D eigenvalue weighted by Crippen LogP contribution is -2.29. The maximum Gasteiger partial charge on any atom is 0.137 e. The third-order valence-corrected chi connectivity index (χ3v) is 3.07. The van der Waals surface area contributed by atoms with Crippen LogP contribution in [0.5, 0.6) is 0 Å². The van der Waals surface area contributed by atoms with Crippen LogP contribution in [0.15, 0.2) is 23.9 Å². The summed E-state index contributed by atoms with van der Waals surface area (Å²) >= 11 is 4.04. The first-order valence-electron chi connectivity index (χ1n) is 6.62. The molecule has 0 amide bonds. The molecule has 0 saturated carbocycles. The van der Waals surface area contributed by atoms with Crippen molar-refractivity contribution in [2.45, 2.75) is 27.8 Å². The lowest BCUT2D eigenvalue weighted by Gasteiger charge is -2.07. The molecule has 2 aromatic heterocycles. The van der Waals surface area contributed by atoms with E-state index in [9.17, 15) is 0 Å². The number of hydrazine groups is 1. The van der Waals surface area contributed by atoms with Crippen LogP contribution in [0.2, 0.25) is 0 Å². The van der Waals surface area contributed by atoms with E-state index in [-0.39, 0.29) is 8.85 Å². The van der Waals surface area contributed by atoms with Crippen LogP contribution in [0.25, 0.3) is 17.1 Å². The zero-order valence-corrected chi connectivity index (χ0v) is 12.9. The maximum atomic E-state index is 5.55. The Morgan fingerprint density at radius 2 is 2.10 bits per heavy atom. The van der Waals surface area contributed by atoms with E-state index in [0.717, 1.165) is 35.2 Å². The highest BCUT2D eigenvalue weighted by Crippen LogP contribution is 2.18. The summed E-state index contributed by atoms with van der Waals surface area (Å²) in [7, 11) is 0. The van der Waals surface area contributed by atoms with E-state index in [4.69, 9.17) is 11.6 Å². The van der Waals surface area contributed by atoms with Gasteiger partial charge in [0.15, 0.2) is 0 Å². The fourth-order valence-corrected chi connectivity index (χ4v) is 1.78. The second-order valence-corrected chi connectivity index (χ2v) is 4.52. The molecule has 0 aliphatic heterocycles. The van der Waals surface area contributed by atoms with Crippen LogP contribution >= 0.6 is 12.6 Å². The van der Waals surface area contributed by atoms with Gasteiger partial charge in [0.05, 0.1) is 0 Å². The number of fused-ring (bicyclic) bond motifs is 1. The number of aromatic amines is 1. The van der Waals surface area contributed by atoms with Gasteiger partial charge in [-0.05, 0) is 23.1 Å². The van der Waals surface area contributed by atoms with Crippen LogP contribution in [0.3, 0.4) is 0 Å². The molecule has 5 N–H and O–H groups in total. The average molecular weight is 311 g/mol. The van der Waals surface area contributed by atoms with Gasteiger partial charge in [-0.1, -0.05) is 21.3 Å². The van der Waals surface area contributed by atoms with Gasteiger partial charge in [-0.15, -0.1) is 0 Å². The number of thiol groups is 1. The van der Waals surface area contributed by atoms with Crippen molar-refractivity contribution in [3.63, 3.8) is 0 Å². The minimum Gasteiger partial charge on any atom is -0.346 e. The first-order chi connectivity index (χ1) is 9.65. The van der Waals surface area contributed by atoms with Gasteiger partial charge in [0, 0.05) is 44.4 Å². The Balaban J connectivity index is 0. The van der Waals surface area contributed by atoms with Gasteiger partial charge in [0.2, 0.25) is 0 Å². The molecular formula is C15H29N5S. The number of nitrogens with one attached hydrogen (secondary N) is 1. The number of hydrogen-bond donors (Lipinski definition) is 4. The molecule has 0 atom stereocenters. The monoisotopic (exact) mass is 311 g/mol. The summed E-state index contributed by atoms with van der Waals surface area (Å²) < 4.78 is 0. The number of rotatable bonds is 4. The molecule has 0 aliphatic rings. The summed E-state index contributed by atoms with van der Waals surface area (Å²) in [6.45, 7) is 6.46. The van der Waals surface area contributed by atoms with Crippen LogP contribution in [0.4, 0.5) is 0 Å². The fourth-order valence-electron chi connectivity index (χ4n) is 1.62. The predicted octanol–water partition coefficient (Wildman–Crippen LogP) is 3.01. The Morgan fingerprint density at radius 1 is 1.43 bits per heavy atom. The molecule has 5 nitrogen and oxygen atoms in total. The summed E-state index contributed by atoms with van der Waals surface area (Å²) in [6.07, 6.45) is 5.61. The SMILES string of the molecule is C.CCN(N)CC.NCc1cnc2[nH]cc(/C=C/S)c2c1.[HH]. The summed E-state index contributed by atoms with van der Waals surface area (Å²) in [5.41, 5.74) is 8.54. The van der Waals surface area contributed by atoms with E-state index in [1.54, 1.807) is 16.6 Å². The minimum absolute atomic E-state index is 0. The second-order valence-electron chi connectivity index (χ2n) is 4.22. The highest BCUT2D eigenvalue weighted by atomic mass is 32.1. The van der Waals surface area contributed by atoms with Crippen molar-refractivity contribution in [3.05, 3.63) is 35.0 Å². The van der Waals surface area contributed by atoms with Crippen molar-refractivity contribution in [1.82, 2.24) is 15.0 Å². The normalized spacial score (nSPS) is 10.6. The number of nitrogens with two attached hydrogens (primary N) is 2. The third-order valence-electron chi connectivity index (χ3n) is 2.92. The lowest BCUT2D eigenvalue weighted by molar-refractivity contribution is 0.316. The molecule has 0 unspecified atom stereocenters. The molecule has 2 rings (SSSR count). The highest BCUT2D eigenvalue weighted by Gasteiger charge is 2.02. The number of nitrogens with zero attached hydrogens (tertiary/aromatic N) is 2. The first kappa shape index (κ1) is 19.7. The van der Waals surface area contributed by atoms with E-state index in [1.807, 2.05) is 32.2 Å². The largest absolute Gasteiger partial charge is 0.346 e. The molecule has 0 bridgehead atoms. The van der Waals surface area contributed by atoms with Crippen LogP contribution in [-0.2, 0) is 6.54 Å².